The van der Waals surface area contributed by atoms with Gasteiger partial charge in [-0.25, -0.2) is 4.79 Å². The van der Waals surface area contributed by atoms with Crippen molar-refractivity contribution in [3.05, 3.63) is 29.3 Å². The zero-order chi connectivity index (χ0) is 11.0. The van der Waals surface area contributed by atoms with E-state index in [9.17, 15) is 4.79 Å². The van der Waals surface area contributed by atoms with Crippen LogP contribution in [-0.2, 0) is 4.74 Å². The van der Waals surface area contributed by atoms with E-state index in [-0.39, 0.29) is 11.9 Å². The summed E-state index contributed by atoms with van der Waals surface area (Å²) in [5.74, 6) is -0.240. The zero-order valence-electron chi connectivity index (χ0n) is 8.53. The van der Waals surface area contributed by atoms with Gasteiger partial charge in [-0.1, -0.05) is 25.2 Å². The molecule has 0 radical (unpaired) electrons. The lowest BCUT2D eigenvalue weighted by Gasteiger charge is -2.08. The standard InChI is InChI=1S/C11H11NO2S/c1-6-9-7(11(13)14-2)4-3-5-8(9)12-10(6)15/h3-6H,1-2H3,(H,12,15). The molecule has 3 nitrogen and oxygen atoms in total. The molecule has 15 heavy (non-hydrogen) atoms. The largest absolute Gasteiger partial charge is 0.465 e. The Hall–Kier alpha value is -1.42. The van der Waals surface area contributed by atoms with Crippen molar-refractivity contribution < 1.29 is 9.53 Å². The number of rotatable bonds is 1. The lowest BCUT2D eigenvalue weighted by molar-refractivity contribution is 0.0599. The van der Waals surface area contributed by atoms with E-state index in [0.717, 1.165) is 16.2 Å². The highest BCUT2D eigenvalue weighted by molar-refractivity contribution is 7.80. The smallest absolute Gasteiger partial charge is 0.338 e. The second kappa shape index (κ2) is 3.62. The molecule has 4 heteroatoms. The first-order valence-electron chi connectivity index (χ1n) is 4.67. The van der Waals surface area contributed by atoms with Gasteiger partial charge >= 0.3 is 5.97 Å². The van der Waals surface area contributed by atoms with Gasteiger partial charge in [0.2, 0.25) is 0 Å². The third-order valence-electron chi connectivity index (χ3n) is 2.60. The van der Waals surface area contributed by atoms with E-state index in [0.29, 0.717) is 5.56 Å². The molecule has 0 amide bonds. The SMILES string of the molecule is COC(=O)c1cccc2c1C(C)C(=S)N2. The molecule has 1 heterocycles. The normalized spacial score (nSPS) is 18.3. The summed E-state index contributed by atoms with van der Waals surface area (Å²) in [4.78, 5) is 12.3. The van der Waals surface area contributed by atoms with Gasteiger partial charge in [-0.3, -0.25) is 0 Å². The molecule has 1 aromatic carbocycles. The van der Waals surface area contributed by atoms with Gasteiger partial charge in [0.05, 0.1) is 17.7 Å². The monoisotopic (exact) mass is 221 g/mol. The fourth-order valence-electron chi connectivity index (χ4n) is 1.80. The van der Waals surface area contributed by atoms with Crippen molar-refractivity contribution in [1.82, 2.24) is 0 Å². The molecule has 0 aromatic heterocycles. The molecule has 1 atom stereocenters. The Kier molecular flexibility index (Phi) is 2.44. The number of ether oxygens (including phenoxy) is 1. The number of esters is 1. The Morgan fingerprint density at radius 1 is 1.53 bits per heavy atom. The van der Waals surface area contributed by atoms with Crippen molar-refractivity contribution in [2.24, 2.45) is 0 Å². The van der Waals surface area contributed by atoms with E-state index in [4.69, 9.17) is 17.0 Å². The van der Waals surface area contributed by atoms with Crippen molar-refractivity contribution >= 4 is 28.9 Å². The topological polar surface area (TPSA) is 38.3 Å². The lowest BCUT2D eigenvalue weighted by Crippen LogP contribution is -2.08. The molecule has 78 valence electrons. The van der Waals surface area contributed by atoms with E-state index in [1.54, 1.807) is 6.07 Å². The van der Waals surface area contributed by atoms with Crippen molar-refractivity contribution in [3.63, 3.8) is 0 Å². The third kappa shape index (κ3) is 1.51. The second-order valence-electron chi connectivity index (χ2n) is 3.47. The molecule has 0 bridgehead atoms. The van der Waals surface area contributed by atoms with E-state index in [1.807, 2.05) is 19.1 Å². The Balaban J connectivity index is 2.56. The molecule has 0 aliphatic carbocycles. The van der Waals surface area contributed by atoms with Gasteiger partial charge in [0.1, 0.15) is 0 Å². The van der Waals surface area contributed by atoms with Gasteiger partial charge in [-0.2, -0.15) is 0 Å². The summed E-state index contributed by atoms with van der Waals surface area (Å²) in [6.45, 7) is 1.98. The number of anilines is 1. The van der Waals surface area contributed by atoms with Crippen LogP contribution in [0.25, 0.3) is 0 Å². The van der Waals surface area contributed by atoms with Crippen molar-refractivity contribution in [2.45, 2.75) is 12.8 Å². The Morgan fingerprint density at radius 3 is 2.93 bits per heavy atom. The van der Waals surface area contributed by atoms with Gasteiger partial charge < -0.3 is 10.1 Å². The molecule has 1 aromatic rings. The maximum atomic E-state index is 11.5. The van der Waals surface area contributed by atoms with Gasteiger partial charge in [0.15, 0.2) is 0 Å². The first kappa shape index (κ1) is 10.1. The summed E-state index contributed by atoms with van der Waals surface area (Å²) in [5, 5.41) is 3.09. The van der Waals surface area contributed by atoms with E-state index in [2.05, 4.69) is 5.32 Å². The highest BCUT2D eigenvalue weighted by Crippen LogP contribution is 2.35. The zero-order valence-corrected chi connectivity index (χ0v) is 9.35. The summed E-state index contributed by atoms with van der Waals surface area (Å²) < 4.78 is 4.74. The minimum absolute atomic E-state index is 0.0744. The average molecular weight is 221 g/mol. The van der Waals surface area contributed by atoms with Crippen LogP contribution < -0.4 is 5.32 Å². The summed E-state index contributed by atoms with van der Waals surface area (Å²) in [7, 11) is 1.38. The predicted molar refractivity (Wildman–Crippen MR) is 62.4 cm³/mol. The lowest BCUT2D eigenvalue weighted by atomic mass is 9.97. The van der Waals surface area contributed by atoms with Crippen LogP contribution in [0.5, 0.6) is 0 Å². The average Bonchev–Trinajstić information content (AvgIpc) is 2.54. The Morgan fingerprint density at radius 2 is 2.27 bits per heavy atom. The minimum atomic E-state index is -0.315. The number of benzene rings is 1. The maximum absolute atomic E-state index is 11.5. The van der Waals surface area contributed by atoms with Crippen LogP contribution in [0.3, 0.4) is 0 Å². The minimum Gasteiger partial charge on any atom is -0.465 e. The molecule has 1 unspecified atom stereocenters. The third-order valence-corrected chi connectivity index (χ3v) is 3.05. The number of carbonyl (C=O) groups is 1. The van der Waals surface area contributed by atoms with Crippen molar-refractivity contribution in [3.8, 4) is 0 Å². The Bertz CT molecular complexity index is 442. The van der Waals surface area contributed by atoms with Crippen molar-refractivity contribution in [1.29, 1.82) is 0 Å². The van der Waals surface area contributed by atoms with Gasteiger partial charge in [0, 0.05) is 11.6 Å². The summed E-state index contributed by atoms with van der Waals surface area (Å²) >= 11 is 5.17. The van der Waals surface area contributed by atoms with E-state index < -0.39 is 0 Å². The van der Waals surface area contributed by atoms with Gasteiger partial charge in [0.25, 0.3) is 0 Å². The number of thiocarbonyl (C=S) groups is 1. The highest BCUT2D eigenvalue weighted by atomic mass is 32.1. The Labute approximate surface area is 93.4 Å². The molecule has 2 rings (SSSR count). The molecule has 1 aliphatic rings. The van der Waals surface area contributed by atoms with Crippen LogP contribution in [0, 0.1) is 0 Å². The van der Waals surface area contributed by atoms with Crippen molar-refractivity contribution in [2.75, 3.05) is 12.4 Å². The summed E-state index contributed by atoms with van der Waals surface area (Å²) in [5.41, 5.74) is 2.44. The molecule has 1 N–H and O–H groups in total. The van der Waals surface area contributed by atoms with Crippen LogP contribution in [-0.4, -0.2) is 18.1 Å². The number of carbonyl (C=O) groups excluding carboxylic acids is 1. The molecule has 0 fully saturated rings. The van der Waals surface area contributed by atoms with Crippen LogP contribution >= 0.6 is 12.2 Å². The quantitative estimate of drug-likeness (QED) is 0.583. The van der Waals surface area contributed by atoms with Crippen LogP contribution in [0.2, 0.25) is 0 Å². The number of hydrogen-bond donors (Lipinski definition) is 1. The second-order valence-corrected chi connectivity index (χ2v) is 3.91. The molecule has 0 saturated carbocycles. The first-order valence-corrected chi connectivity index (χ1v) is 5.08. The number of fused-ring (bicyclic) bond motifs is 1. The molecule has 0 spiro atoms. The van der Waals surface area contributed by atoms with Crippen LogP contribution in [0.1, 0.15) is 28.8 Å². The fourth-order valence-corrected chi connectivity index (χ4v) is 2.03. The highest BCUT2D eigenvalue weighted by Gasteiger charge is 2.28. The van der Waals surface area contributed by atoms with E-state index in [1.165, 1.54) is 7.11 Å². The van der Waals surface area contributed by atoms with Gasteiger partial charge in [-0.05, 0) is 17.7 Å². The van der Waals surface area contributed by atoms with Crippen LogP contribution in [0.15, 0.2) is 18.2 Å². The van der Waals surface area contributed by atoms with Crippen LogP contribution in [0.4, 0.5) is 5.69 Å². The molecular weight excluding hydrogens is 210 g/mol. The summed E-state index contributed by atoms with van der Waals surface area (Å²) in [6.07, 6.45) is 0. The number of hydrogen-bond acceptors (Lipinski definition) is 3. The van der Waals surface area contributed by atoms with Gasteiger partial charge in [-0.15, -0.1) is 0 Å². The number of methoxy groups -OCH3 is 1. The van der Waals surface area contributed by atoms with E-state index >= 15 is 0 Å². The molecule has 0 saturated heterocycles. The predicted octanol–water partition coefficient (Wildman–Crippen LogP) is 2.33. The number of nitrogens with one attached hydrogen (secondary N) is 1. The summed E-state index contributed by atoms with van der Waals surface area (Å²) in [6, 6.07) is 5.49. The maximum Gasteiger partial charge on any atom is 0.338 e. The molecule has 1 aliphatic heterocycles. The first-order chi connectivity index (χ1) is 7.15. The fraction of sp³-hybridized carbons (Fsp3) is 0.273. The molecular formula is C11H11NO2S.